The molecule has 0 saturated carbocycles. The summed E-state index contributed by atoms with van der Waals surface area (Å²) in [5.74, 6) is 0. The summed E-state index contributed by atoms with van der Waals surface area (Å²) in [6.45, 7) is 10.5. The van der Waals surface area contributed by atoms with Crippen LogP contribution in [0.1, 0.15) is 31.9 Å². The minimum absolute atomic E-state index is 1.11. The van der Waals surface area contributed by atoms with Gasteiger partial charge in [-0.3, -0.25) is 0 Å². The average Bonchev–Trinajstić information content (AvgIpc) is 2.49. The summed E-state index contributed by atoms with van der Waals surface area (Å²) < 4.78 is 0. The van der Waals surface area contributed by atoms with Gasteiger partial charge in [-0.25, -0.2) is 0 Å². The van der Waals surface area contributed by atoms with Crippen LogP contribution in [0.4, 0.5) is 0 Å². The zero-order valence-corrected chi connectivity index (χ0v) is 12.9. The second kappa shape index (κ2) is 5.21. The van der Waals surface area contributed by atoms with E-state index in [0.717, 1.165) is 5.57 Å². The molecule has 0 N–H and O–H groups in total. The van der Waals surface area contributed by atoms with Crippen molar-refractivity contribution in [3.8, 4) is 0 Å². The normalized spacial score (nSPS) is 12.8. The number of benzene rings is 3. The quantitative estimate of drug-likeness (QED) is 0.571. The van der Waals surface area contributed by atoms with Crippen molar-refractivity contribution in [3.63, 3.8) is 0 Å². The van der Waals surface area contributed by atoms with Gasteiger partial charge < -0.3 is 0 Å². The van der Waals surface area contributed by atoms with Gasteiger partial charge in [0.15, 0.2) is 0 Å². The van der Waals surface area contributed by atoms with E-state index in [2.05, 4.69) is 82.0 Å². The lowest BCUT2D eigenvalue weighted by molar-refractivity contribution is 1.53. The molecular formula is C21H20. The Morgan fingerprint density at radius 3 is 2.24 bits per heavy atom. The topological polar surface area (TPSA) is 0 Å². The molecule has 21 heavy (non-hydrogen) atoms. The van der Waals surface area contributed by atoms with Crippen LogP contribution in [0.2, 0.25) is 0 Å². The Kier molecular flexibility index (Phi) is 3.39. The van der Waals surface area contributed by atoms with Gasteiger partial charge in [-0.2, -0.15) is 0 Å². The second-order valence-electron chi connectivity index (χ2n) is 5.48. The molecule has 0 heterocycles. The minimum atomic E-state index is 1.11. The van der Waals surface area contributed by atoms with Gasteiger partial charge in [0.25, 0.3) is 0 Å². The molecule has 3 rings (SSSR count). The van der Waals surface area contributed by atoms with Gasteiger partial charge in [0.2, 0.25) is 0 Å². The summed E-state index contributed by atoms with van der Waals surface area (Å²) in [7, 11) is 0. The van der Waals surface area contributed by atoms with Crippen molar-refractivity contribution >= 4 is 39.3 Å². The van der Waals surface area contributed by atoms with Gasteiger partial charge in [0.1, 0.15) is 0 Å². The highest BCUT2D eigenvalue weighted by atomic mass is 14.2. The molecule has 0 aromatic heterocycles. The Balaban J connectivity index is 2.74. The summed E-state index contributed by atoms with van der Waals surface area (Å²) >= 11 is 0. The van der Waals surface area contributed by atoms with Crippen molar-refractivity contribution in [1.29, 1.82) is 0 Å². The van der Waals surface area contributed by atoms with Crippen LogP contribution in [0.5, 0.6) is 0 Å². The van der Waals surface area contributed by atoms with E-state index >= 15 is 0 Å². The third-order valence-electron chi connectivity index (χ3n) is 4.07. The van der Waals surface area contributed by atoms with Crippen LogP contribution in [-0.2, 0) is 0 Å². The van der Waals surface area contributed by atoms with Crippen LogP contribution < -0.4 is 5.22 Å². The first kappa shape index (κ1) is 13.6. The van der Waals surface area contributed by atoms with Gasteiger partial charge in [0.05, 0.1) is 0 Å². The van der Waals surface area contributed by atoms with Crippen LogP contribution in [-0.4, -0.2) is 0 Å². The van der Waals surface area contributed by atoms with E-state index in [0.29, 0.717) is 0 Å². The Morgan fingerprint density at radius 1 is 1.00 bits per heavy atom. The van der Waals surface area contributed by atoms with E-state index in [9.17, 15) is 0 Å². The van der Waals surface area contributed by atoms with Crippen molar-refractivity contribution in [2.45, 2.75) is 20.8 Å². The van der Waals surface area contributed by atoms with Crippen LogP contribution in [0.25, 0.3) is 39.3 Å². The standard InChI is InChI=1S/C21H20/c1-5-9-17-19-13-8-11-15-10-7-12-18(21(15)19)16(6-2)20(17)14(3)4/h5-13H,3H2,1-2,4H3/b9-5-,16-6-. The molecule has 3 aromatic rings. The first-order chi connectivity index (χ1) is 10.2. The molecule has 0 saturated heterocycles. The van der Waals surface area contributed by atoms with Gasteiger partial charge >= 0.3 is 0 Å². The largest absolute Gasteiger partial charge is 0.0955 e. The maximum absolute atomic E-state index is 4.21. The molecule has 0 radical (unpaired) electrons. The molecule has 3 aromatic carbocycles. The Hall–Kier alpha value is -2.34. The van der Waals surface area contributed by atoms with Gasteiger partial charge in [-0.15, -0.1) is 0 Å². The van der Waals surface area contributed by atoms with E-state index in [-0.39, 0.29) is 0 Å². The number of hydrogen-bond acceptors (Lipinski definition) is 0. The predicted molar refractivity (Wildman–Crippen MR) is 96.2 cm³/mol. The lowest BCUT2D eigenvalue weighted by atomic mass is 9.88. The molecule has 0 amide bonds. The first-order valence-electron chi connectivity index (χ1n) is 7.41. The minimum Gasteiger partial charge on any atom is -0.0955 e. The summed E-state index contributed by atoms with van der Waals surface area (Å²) in [5, 5.41) is 6.57. The lowest BCUT2D eigenvalue weighted by Crippen LogP contribution is -2.12. The molecule has 0 bridgehead atoms. The van der Waals surface area contributed by atoms with Crippen molar-refractivity contribution < 1.29 is 0 Å². The van der Waals surface area contributed by atoms with Crippen LogP contribution in [0.15, 0.2) is 49.1 Å². The summed E-state index contributed by atoms with van der Waals surface area (Å²) in [6, 6.07) is 13.1. The summed E-state index contributed by atoms with van der Waals surface area (Å²) in [4.78, 5) is 0. The van der Waals surface area contributed by atoms with E-state index in [1.165, 1.54) is 37.9 Å². The van der Waals surface area contributed by atoms with Crippen LogP contribution in [0, 0.1) is 0 Å². The third-order valence-corrected chi connectivity index (χ3v) is 4.07. The molecule has 0 spiro atoms. The van der Waals surface area contributed by atoms with E-state index in [4.69, 9.17) is 0 Å². The smallest absolute Gasteiger partial charge is 0.00265 e. The molecule has 0 atom stereocenters. The zero-order valence-electron chi connectivity index (χ0n) is 12.9. The van der Waals surface area contributed by atoms with Crippen LogP contribution >= 0.6 is 0 Å². The summed E-state index contributed by atoms with van der Waals surface area (Å²) in [5.41, 5.74) is 3.66. The number of allylic oxidation sites excluding steroid dienone is 2. The highest BCUT2D eigenvalue weighted by molar-refractivity contribution is 6.14. The molecular weight excluding hydrogens is 252 g/mol. The van der Waals surface area contributed by atoms with E-state index < -0.39 is 0 Å². The van der Waals surface area contributed by atoms with Crippen molar-refractivity contribution in [3.05, 3.63) is 65.4 Å². The van der Waals surface area contributed by atoms with Gasteiger partial charge in [-0.05, 0) is 64.2 Å². The lowest BCUT2D eigenvalue weighted by Gasteiger charge is -2.15. The van der Waals surface area contributed by atoms with E-state index in [1.54, 1.807) is 0 Å². The third kappa shape index (κ3) is 1.99. The summed E-state index contributed by atoms with van der Waals surface area (Å²) in [6.07, 6.45) is 6.52. The monoisotopic (exact) mass is 272 g/mol. The second-order valence-corrected chi connectivity index (χ2v) is 5.48. The fraction of sp³-hybridized carbons (Fsp3) is 0.143. The van der Waals surface area contributed by atoms with Crippen molar-refractivity contribution in [2.24, 2.45) is 0 Å². The SMILES string of the molecule is C=C(C)c1c(/C=C\C)c2cccc3cccc(/c1=C/C)c32. The zero-order chi connectivity index (χ0) is 15.0. The highest BCUT2D eigenvalue weighted by Gasteiger charge is 2.12. The highest BCUT2D eigenvalue weighted by Crippen LogP contribution is 2.32. The molecule has 0 aliphatic rings. The molecule has 0 heteroatoms. The Labute approximate surface area is 126 Å². The van der Waals surface area contributed by atoms with Crippen molar-refractivity contribution in [1.82, 2.24) is 0 Å². The molecule has 104 valence electrons. The molecule has 0 unspecified atom stereocenters. The van der Waals surface area contributed by atoms with E-state index in [1.807, 2.05) is 0 Å². The molecule has 0 fully saturated rings. The number of hydrogen-bond donors (Lipinski definition) is 0. The molecule has 0 aliphatic heterocycles. The molecule has 0 aliphatic carbocycles. The van der Waals surface area contributed by atoms with Gasteiger partial charge in [0, 0.05) is 0 Å². The number of rotatable bonds is 2. The van der Waals surface area contributed by atoms with Crippen LogP contribution in [0.3, 0.4) is 0 Å². The first-order valence-corrected chi connectivity index (χ1v) is 7.41. The Morgan fingerprint density at radius 2 is 1.67 bits per heavy atom. The van der Waals surface area contributed by atoms with Crippen molar-refractivity contribution in [2.75, 3.05) is 0 Å². The Bertz CT molecular complexity index is 918. The fourth-order valence-corrected chi connectivity index (χ4v) is 3.30. The van der Waals surface area contributed by atoms with Gasteiger partial charge in [-0.1, -0.05) is 61.2 Å². The predicted octanol–water partition coefficient (Wildman–Crippen LogP) is 5.58. The maximum Gasteiger partial charge on any atom is -0.00265 e. The fourth-order valence-electron chi connectivity index (χ4n) is 3.30. The average molecular weight is 272 g/mol. The maximum atomic E-state index is 4.21. The molecule has 0 nitrogen and oxygen atoms in total.